The Morgan fingerprint density at radius 3 is 2.35 bits per heavy atom. The summed E-state index contributed by atoms with van der Waals surface area (Å²) < 4.78 is 27.5. The summed E-state index contributed by atoms with van der Waals surface area (Å²) in [5.41, 5.74) is 5.45. The summed E-state index contributed by atoms with van der Waals surface area (Å²) in [4.78, 5) is 0.172. The zero-order valence-electron chi connectivity index (χ0n) is 11.3. The maximum atomic E-state index is 12.5. The Bertz CT molecular complexity index is 802. The minimum atomic E-state index is -3.72. The van der Waals surface area contributed by atoms with Gasteiger partial charge in [0.05, 0.1) is 10.4 Å². The first-order valence-electron chi connectivity index (χ1n) is 6.06. The number of nitrogens with two attached hydrogens (primary N) is 1. The van der Waals surface area contributed by atoms with Crippen molar-refractivity contribution in [2.45, 2.75) is 24.3 Å². The Morgan fingerprint density at radius 2 is 1.75 bits per heavy atom. The minimum absolute atomic E-state index is 0.172. The van der Waals surface area contributed by atoms with Crippen LogP contribution < -0.4 is 10.5 Å². The molecule has 3 N–H and O–H groups in total. The molecule has 2 aromatic carbocycles. The maximum Gasteiger partial charge on any atom is 0.242 e. The smallest absolute Gasteiger partial charge is 0.242 e. The first kappa shape index (κ1) is 14.4. The van der Waals surface area contributed by atoms with E-state index in [0.717, 1.165) is 0 Å². The van der Waals surface area contributed by atoms with Crippen molar-refractivity contribution >= 4 is 26.5 Å². The molecule has 104 valence electrons. The molecule has 5 heteroatoms. The van der Waals surface area contributed by atoms with Crippen molar-refractivity contribution in [3.05, 3.63) is 36.4 Å². The highest BCUT2D eigenvalue weighted by atomic mass is 32.2. The fraction of sp³-hybridized carbons (Fsp3) is 0.200. The molecule has 0 aliphatic heterocycles. The van der Waals surface area contributed by atoms with E-state index in [2.05, 4.69) is 10.6 Å². The van der Waals surface area contributed by atoms with Gasteiger partial charge < -0.3 is 5.73 Å². The third kappa shape index (κ3) is 2.62. The van der Waals surface area contributed by atoms with Gasteiger partial charge >= 0.3 is 0 Å². The fourth-order valence-corrected chi connectivity index (χ4v) is 3.50. The van der Waals surface area contributed by atoms with E-state index in [0.29, 0.717) is 16.5 Å². The summed E-state index contributed by atoms with van der Waals surface area (Å²) in [6, 6.07) is 10.2. The topological polar surface area (TPSA) is 72.2 Å². The first-order valence-corrected chi connectivity index (χ1v) is 7.54. The number of anilines is 1. The van der Waals surface area contributed by atoms with Gasteiger partial charge in [-0.1, -0.05) is 30.2 Å². The van der Waals surface area contributed by atoms with Crippen LogP contribution >= 0.6 is 0 Å². The van der Waals surface area contributed by atoms with Crippen LogP contribution in [0.15, 0.2) is 41.3 Å². The molecule has 0 atom stereocenters. The van der Waals surface area contributed by atoms with Gasteiger partial charge in [0.25, 0.3) is 0 Å². The third-order valence-electron chi connectivity index (χ3n) is 2.96. The lowest BCUT2D eigenvalue weighted by Crippen LogP contribution is -2.42. The monoisotopic (exact) mass is 288 g/mol. The van der Waals surface area contributed by atoms with Crippen molar-refractivity contribution in [3.8, 4) is 12.3 Å². The van der Waals surface area contributed by atoms with E-state index < -0.39 is 15.6 Å². The molecule has 2 rings (SSSR count). The van der Waals surface area contributed by atoms with Gasteiger partial charge in [-0.2, -0.15) is 4.72 Å². The molecule has 0 bridgehead atoms. The van der Waals surface area contributed by atoms with Crippen LogP contribution in [-0.2, 0) is 10.0 Å². The zero-order valence-corrected chi connectivity index (χ0v) is 12.2. The highest BCUT2D eigenvalue weighted by Gasteiger charge is 2.25. The van der Waals surface area contributed by atoms with Gasteiger partial charge in [-0.15, -0.1) is 6.42 Å². The van der Waals surface area contributed by atoms with Gasteiger partial charge in [-0.3, -0.25) is 0 Å². The predicted molar refractivity (Wildman–Crippen MR) is 81.6 cm³/mol. The molecule has 0 radical (unpaired) electrons. The van der Waals surface area contributed by atoms with Gasteiger partial charge in [0, 0.05) is 16.5 Å². The highest BCUT2D eigenvalue weighted by molar-refractivity contribution is 7.89. The van der Waals surface area contributed by atoms with E-state index in [9.17, 15) is 8.42 Å². The number of terminal acetylenes is 1. The van der Waals surface area contributed by atoms with Gasteiger partial charge in [-0.05, 0) is 26.0 Å². The van der Waals surface area contributed by atoms with E-state index in [-0.39, 0.29) is 4.90 Å². The SMILES string of the molecule is C#CC(C)(C)NS(=O)(=O)c1ccc(N)c2ccccc12. The Hall–Kier alpha value is -2.03. The Morgan fingerprint density at radius 1 is 1.15 bits per heavy atom. The van der Waals surface area contributed by atoms with E-state index in [1.807, 2.05) is 6.07 Å². The number of hydrogen-bond donors (Lipinski definition) is 2. The fourth-order valence-electron chi connectivity index (χ4n) is 1.95. The summed E-state index contributed by atoms with van der Waals surface area (Å²) in [5.74, 6) is 2.41. The zero-order chi connectivity index (χ0) is 15.0. The number of nitrogens with one attached hydrogen (secondary N) is 1. The number of rotatable bonds is 3. The number of benzene rings is 2. The van der Waals surface area contributed by atoms with Gasteiger partial charge in [0.1, 0.15) is 0 Å². The normalized spacial score (nSPS) is 12.2. The van der Waals surface area contributed by atoms with Crippen molar-refractivity contribution in [2.24, 2.45) is 0 Å². The van der Waals surface area contributed by atoms with Crippen LogP contribution in [0.3, 0.4) is 0 Å². The van der Waals surface area contributed by atoms with Crippen LogP contribution in [0.5, 0.6) is 0 Å². The molecule has 0 aromatic heterocycles. The standard InChI is InChI=1S/C15H16N2O2S/c1-4-15(2,3)17-20(18,19)14-10-9-13(16)11-7-5-6-8-12(11)14/h1,5-10,17H,16H2,2-3H3. The second-order valence-electron chi connectivity index (χ2n) is 5.07. The van der Waals surface area contributed by atoms with Crippen LogP contribution in [-0.4, -0.2) is 14.0 Å². The molecule has 0 saturated heterocycles. The molecule has 2 aromatic rings. The predicted octanol–water partition coefficient (Wildman–Crippen LogP) is 2.11. The molecular weight excluding hydrogens is 272 g/mol. The largest absolute Gasteiger partial charge is 0.398 e. The van der Waals surface area contributed by atoms with Gasteiger partial charge in [0.15, 0.2) is 0 Å². The van der Waals surface area contributed by atoms with Crippen LogP contribution in [0.1, 0.15) is 13.8 Å². The number of nitrogen functional groups attached to an aromatic ring is 1. The molecule has 0 aliphatic rings. The average Bonchev–Trinajstić information content (AvgIpc) is 2.38. The molecule has 0 heterocycles. The van der Waals surface area contributed by atoms with Crippen molar-refractivity contribution in [1.82, 2.24) is 4.72 Å². The van der Waals surface area contributed by atoms with Crippen molar-refractivity contribution in [1.29, 1.82) is 0 Å². The van der Waals surface area contributed by atoms with E-state index in [4.69, 9.17) is 12.2 Å². The van der Waals surface area contributed by atoms with Crippen molar-refractivity contribution in [2.75, 3.05) is 5.73 Å². The van der Waals surface area contributed by atoms with Gasteiger partial charge in [0.2, 0.25) is 10.0 Å². The summed E-state index contributed by atoms with van der Waals surface area (Å²) in [6.07, 6.45) is 5.33. The molecule has 0 aliphatic carbocycles. The molecular formula is C15H16N2O2S. The number of fused-ring (bicyclic) bond motifs is 1. The van der Waals surface area contributed by atoms with Crippen LogP contribution in [0, 0.1) is 12.3 Å². The summed E-state index contributed by atoms with van der Waals surface area (Å²) >= 11 is 0. The van der Waals surface area contributed by atoms with E-state index in [1.54, 1.807) is 38.1 Å². The van der Waals surface area contributed by atoms with Crippen molar-refractivity contribution in [3.63, 3.8) is 0 Å². The lowest BCUT2D eigenvalue weighted by atomic mass is 10.1. The molecule has 4 nitrogen and oxygen atoms in total. The average molecular weight is 288 g/mol. The van der Waals surface area contributed by atoms with Crippen LogP contribution in [0.4, 0.5) is 5.69 Å². The van der Waals surface area contributed by atoms with Crippen LogP contribution in [0.2, 0.25) is 0 Å². The first-order chi connectivity index (χ1) is 9.27. The van der Waals surface area contributed by atoms with Crippen LogP contribution in [0.25, 0.3) is 10.8 Å². The second-order valence-corrected chi connectivity index (χ2v) is 6.72. The minimum Gasteiger partial charge on any atom is -0.398 e. The third-order valence-corrected chi connectivity index (χ3v) is 4.67. The molecule has 20 heavy (non-hydrogen) atoms. The second kappa shape index (κ2) is 4.82. The maximum absolute atomic E-state index is 12.5. The molecule has 0 saturated carbocycles. The Balaban J connectivity index is 2.65. The quantitative estimate of drug-likeness (QED) is 0.671. The molecule has 0 amide bonds. The molecule has 0 spiro atoms. The highest BCUT2D eigenvalue weighted by Crippen LogP contribution is 2.28. The van der Waals surface area contributed by atoms with Crippen molar-refractivity contribution < 1.29 is 8.42 Å². The Kier molecular flexibility index (Phi) is 3.46. The lowest BCUT2D eigenvalue weighted by Gasteiger charge is -2.20. The van der Waals surface area contributed by atoms with E-state index >= 15 is 0 Å². The molecule has 0 unspecified atom stereocenters. The lowest BCUT2D eigenvalue weighted by molar-refractivity contribution is 0.540. The summed E-state index contributed by atoms with van der Waals surface area (Å²) in [7, 11) is -3.72. The summed E-state index contributed by atoms with van der Waals surface area (Å²) in [6.45, 7) is 3.26. The molecule has 0 fully saturated rings. The summed E-state index contributed by atoms with van der Waals surface area (Å²) in [5, 5.41) is 1.28. The Labute approximate surface area is 119 Å². The van der Waals surface area contributed by atoms with Gasteiger partial charge in [-0.25, -0.2) is 8.42 Å². The number of hydrogen-bond acceptors (Lipinski definition) is 3. The number of sulfonamides is 1. The van der Waals surface area contributed by atoms with E-state index in [1.165, 1.54) is 6.07 Å².